The average molecular weight is 364 g/mol. The van der Waals surface area contributed by atoms with Gasteiger partial charge in [0.15, 0.2) is 5.01 Å². The molecule has 0 aliphatic carbocycles. The van der Waals surface area contributed by atoms with Gasteiger partial charge in [-0.25, -0.2) is 4.98 Å². The Labute approximate surface area is 153 Å². The molecule has 0 fully saturated rings. The van der Waals surface area contributed by atoms with Crippen LogP contribution < -0.4 is 5.32 Å². The van der Waals surface area contributed by atoms with Gasteiger partial charge in [-0.1, -0.05) is 48.4 Å². The van der Waals surface area contributed by atoms with Gasteiger partial charge in [0.25, 0.3) is 5.91 Å². The third-order valence-electron chi connectivity index (χ3n) is 3.96. The number of anilines is 1. The predicted molar refractivity (Wildman–Crippen MR) is 100 cm³/mol. The molecule has 1 N–H and O–H groups in total. The van der Waals surface area contributed by atoms with Crippen LogP contribution in [0.15, 0.2) is 52.9 Å². The Balaban J connectivity index is 1.44. The Morgan fingerprint density at radius 3 is 2.62 bits per heavy atom. The molecule has 4 rings (SSSR count). The van der Waals surface area contributed by atoms with E-state index in [-0.39, 0.29) is 11.9 Å². The van der Waals surface area contributed by atoms with Gasteiger partial charge in [-0.05, 0) is 29.7 Å². The number of hydrogen-bond donors (Lipinski definition) is 1. The van der Waals surface area contributed by atoms with E-state index in [0.717, 1.165) is 22.2 Å². The van der Waals surface area contributed by atoms with Crippen LogP contribution in [0.2, 0.25) is 0 Å². The summed E-state index contributed by atoms with van der Waals surface area (Å²) in [6.45, 7) is 2.12. The van der Waals surface area contributed by atoms with Crippen LogP contribution in [0.1, 0.15) is 33.7 Å². The molecule has 0 bridgehead atoms. The van der Waals surface area contributed by atoms with Crippen LogP contribution in [0.5, 0.6) is 0 Å². The topological polar surface area (TPSA) is 80.9 Å². The van der Waals surface area contributed by atoms with Crippen molar-refractivity contribution in [2.45, 2.75) is 19.8 Å². The van der Waals surface area contributed by atoms with Gasteiger partial charge in [0.1, 0.15) is 0 Å². The smallest absolute Gasteiger partial charge is 0.322 e. The van der Waals surface area contributed by atoms with E-state index in [1.807, 2.05) is 36.4 Å². The van der Waals surface area contributed by atoms with Crippen LogP contribution in [0, 0.1) is 0 Å². The molecule has 4 aromatic rings. The third kappa shape index (κ3) is 3.48. The minimum absolute atomic E-state index is 0.0782. The van der Waals surface area contributed by atoms with Gasteiger partial charge in [-0.15, -0.1) is 16.4 Å². The molecule has 130 valence electrons. The van der Waals surface area contributed by atoms with Crippen molar-refractivity contribution in [2.75, 3.05) is 5.32 Å². The number of aromatic nitrogens is 3. The number of nitrogens with zero attached hydrogens (tertiary/aromatic N) is 3. The molecule has 0 radical (unpaired) electrons. The number of hydrogen-bond acceptors (Lipinski definition) is 6. The SMILES string of the molecule is CCc1ccc(Cc2nnc(NC(=O)c3nc4ccccc4s3)o2)cc1. The minimum atomic E-state index is -0.353. The highest BCUT2D eigenvalue weighted by atomic mass is 32.1. The summed E-state index contributed by atoms with van der Waals surface area (Å²) >= 11 is 1.32. The van der Waals surface area contributed by atoms with Crippen molar-refractivity contribution in [1.82, 2.24) is 15.2 Å². The number of para-hydroxylation sites is 1. The van der Waals surface area contributed by atoms with Crippen LogP contribution >= 0.6 is 11.3 Å². The predicted octanol–water partition coefficient (Wildman–Crippen LogP) is 4.08. The second kappa shape index (κ2) is 7.05. The monoisotopic (exact) mass is 364 g/mol. The largest absolute Gasteiger partial charge is 0.407 e. The molecule has 0 saturated carbocycles. The van der Waals surface area contributed by atoms with E-state index >= 15 is 0 Å². The number of amides is 1. The van der Waals surface area contributed by atoms with Crippen LogP contribution in [-0.4, -0.2) is 21.1 Å². The lowest BCUT2D eigenvalue weighted by molar-refractivity contribution is 0.102. The molecule has 2 aromatic heterocycles. The Kier molecular flexibility index (Phi) is 4.45. The van der Waals surface area contributed by atoms with Crippen molar-refractivity contribution < 1.29 is 9.21 Å². The average Bonchev–Trinajstić information content (AvgIpc) is 3.29. The fourth-order valence-corrected chi connectivity index (χ4v) is 3.42. The molecule has 0 unspecified atom stereocenters. The first kappa shape index (κ1) is 16.4. The summed E-state index contributed by atoms with van der Waals surface area (Å²) in [7, 11) is 0. The van der Waals surface area contributed by atoms with Crippen LogP contribution in [-0.2, 0) is 12.8 Å². The lowest BCUT2D eigenvalue weighted by Gasteiger charge is -1.99. The number of nitrogens with one attached hydrogen (secondary N) is 1. The summed E-state index contributed by atoms with van der Waals surface area (Å²) < 4.78 is 6.49. The molecule has 0 atom stereocenters. The van der Waals surface area contributed by atoms with Gasteiger partial charge in [0.2, 0.25) is 5.89 Å². The van der Waals surface area contributed by atoms with E-state index in [2.05, 4.69) is 39.6 Å². The molecule has 0 aliphatic heterocycles. The van der Waals surface area contributed by atoms with Crippen molar-refractivity contribution in [2.24, 2.45) is 0 Å². The minimum Gasteiger partial charge on any atom is -0.407 e. The van der Waals surface area contributed by atoms with E-state index < -0.39 is 0 Å². The highest BCUT2D eigenvalue weighted by molar-refractivity contribution is 7.20. The number of thiazole rings is 1. The van der Waals surface area contributed by atoms with Gasteiger partial charge in [-0.3, -0.25) is 10.1 Å². The first-order valence-corrected chi connectivity index (χ1v) is 9.10. The van der Waals surface area contributed by atoms with Crippen LogP contribution in [0.25, 0.3) is 10.2 Å². The summed E-state index contributed by atoms with van der Waals surface area (Å²) in [5.74, 6) is 0.0996. The zero-order chi connectivity index (χ0) is 17.9. The quantitative estimate of drug-likeness (QED) is 0.577. The van der Waals surface area contributed by atoms with E-state index in [9.17, 15) is 4.79 Å². The number of rotatable bonds is 5. The second-order valence-corrected chi connectivity index (χ2v) is 6.82. The lowest BCUT2D eigenvalue weighted by Crippen LogP contribution is -2.11. The Morgan fingerprint density at radius 2 is 1.85 bits per heavy atom. The maximum Gasteiger partial charge on any atom is 0.322 e. The van der Waals surface area contributed by atoms with Gasteiger partial charge in [0.05, 0.1) is 16.6 Å². The maximum absolute atomic E-state index is 12.3. The van der Waals surface area contributed by atoms with Crippen molar-refractivity contribution in [3.63, 3.8) is 0 Å². The van der Waals surface area contributed by atoms with Crippen molar-refractivity contribution in [3.8, 4) is 0 Å². The molecule has 26 heavy (non-hydrogen) atoms. The van der Waals surface area contributed by atoms with Gasteiger partial charge in [-0.2, -0.15) is 0 Å². The van der Waals surface area contributed by atoms with E-state index in [0.29, 0.717) is 17.3 Å². The molecule has 2 aromatic carbocycles. The molecule has 7 heteroatoms. The van der Waals surface area contributed by atoms with Gasteiger partial charge < -0.3 is 4.42 Å². The zero-order valence-corrected chi connectivity index (χ0v) is 14.9. The van der Waals surface area contributed by atoms with Crippen molar-refractivity contribution in [3.05, 3.63) is 70.6 Å². The van der Waals surface area contributed by atoms with E-state index in [1.165, 1.54) is 16.9 Å². The molecule has 6 nitrogen and oxygen atoms in total. The summed E-state index contributed by atoms with van der Waals surface area (Å²) in [4.78, 5) is 16.6. The molecule has 0 aliphatic rings. The maximum atomic E-state index is 12.3. The number of benzene rings is 2. The van der Waals surface area contributed by atoms with Crippen molar-refractivity contribution in [1.29, 1.82) is 0 Å². The van der Waals surface area contributed by atoms with Gasteiger partial charge >= 0.3 is 6.01 Å². The number of carbonyl (C=O) groups excluding carboxylic acids is 1. The van der Waals surface area contributed by atoms with Crippen LogP contribution in [0.4, 0.5) is 6.01 Å². The molecule has 0 spiro atoms. The summed E-state index contributed by atoms with van der Waals surface area (Å²) in [5, 5.41) is 10.9. The fraction of sp³-hybridized carbons (Fsp3) is 0.158. The van der Waals surface area contributed by atoms with Crippen LogP contribution in [0.3, 0.4) is 0 Å². The summed E-state index contributed by atoms with van der Waals surface area (Å²) in [6, 6.07) is 15.9. The zero-order valence-electron chi connectivity index (χ0n) is 14.1. The summed E-state index contributed by atoms with van der Waals surface area (Å²) in [5.41, 5.74) is 3.15. The highest BCUT2D eigenvalue weighted by Crippen LogP contribution is 2.22. The lowest BCUT2D eigenvalue weighted by atomic mass is 10.1. The fourth-order valence-electron chi connectivity index (χ4n) is 2.56. The summed E-state index contributed by atoms with van der Waals surface area (Å²) in [6.07, 6.45) is 1.52. The number of aryl methyl sites for hydroxylation is 1. The molecular weight excluding hydrogens is 348 g/mol. The second-order valence-electron chi connectivity index (χ2n) is 5.79. The molecular formula is C19H16N4O2S. The Morgan fingerprint density at radius 1 is 1.08 bits per heavy atom. The van der Waals surface area contributed by atoms with E-state index in [4.69, 9.17) is 4.42 Å². The highest BCUT2D eigenvalue weighted by Gasteiger charge is 2.15. The Hall–Kier alpha value is -3.06. The third-order valence-corrected chi connectivity index (χ3v) is 5.00. The Bertz CT molecular complexity index is 1020. The van der Waals surface area contributed by atoms with E-state index in [1.54, 1.807) is 0 Å². The van der Waals surface area contributed by atoms with Gasteiger partial charge in [0, 0.05) is 0 Å². The number of carbonyl (C=O) groups is 1. The molecule has 1 amide bonds. The molecule has 2 heterocycles. The number of fused-ring (bicyclic) bond motifs is 1. The standard InChI is InChI=1S/C19H16N4O2S/c1-2-12-7-9-13(10-8-12)11-16-22-23-19(25-16)21-17(24)18-20-14-5-3-4-6-15(14)26-18/h3-10H,2,11H2,1H3,(H,21,23,24). The normalized spacial score (nSPS) is 11.0. The molecule has 0 saturated heterocycles. The first-order chi connectivity index (χ1) is 12.7. The van der Waals surface area contributed by atoms with Crippen molar-refractivity contribution >= 4 is 33.5 Å². The first-order valence-electron chi connectivity index (χ1n) is 8.28.